The topological polar surface area (TPSA) is 18.5 Å². The summed E-state index contributed by atoms with van der Waals surface area (Å²) in [5.74, 6) is 0. The van der Waals surface area contributed by atoms with Crippen LogP contribution < -0.4 is 0 Å². The molecule has 0 heterocycles. The monoisotopic (exact) mass is 252 g/mol. The Balaban J connectivity index is 2.37. The lowest BCUT2D eigenvalue weighted by Gasteiger charge is -2.22. The smallest absolute Gasteiger partial charge is 0.155 e. The molecule has 0 amide bonds. The van der Waals surface area contributed by atoms with Gasteiger partial charge in [-0.1, -0.05) is 24.3 Å². The minimum Gasteiger partial charge on any atom is -0.353 e. The van der Waals surface area contributed by atoms with Gasteiger partial charge in [0.2, 0.25) is 0 Å². The van der Waals surface area contributed by atoms with E-state index in [2.05, 4.69) is 24.3 Å². The van der Waals surface area contributed by atoms with Gasteiger partial charge in [0.15, 0.2) is 6.29 Å². The lowest BCUT2D eigenvalue weighted by molar-refractivity contribution is -0.160. The van der Waals surface area contributed by atoms with E-state index >= 15 is 0 Å². The molecule has 0 spiro atoms. The highest BCUT2D eigenvalue weighted by atomic mass is 16.7. The van der Waals surface area contributed by atoms with Crippen LogP contribution in [0.25, 0.3) is 0 Å². The van der Waals surface area contributed by atoms with Crippen LogP contribution in [0.15, 0.2) is 24.3 Å². The van der Waals surface area contributed by atoms with E-state index in [0.29, 0.717) is 6.10 Å². The van der Waals surface area contributed by atoms with E-state index in [0.717, 1.165) is 32.3 Å². The van der Waals surface area contributed by atoms with Gasteiger partial charge in [-0.2, -0.15) is 0 Å². The fourth-order valence-corrected chi connectivity index (χ4v) is 2.23. The number of ether oxygens (including phenoxy) is 2. The molecule has 2 nitrogen and oxygen atoms in total. The van der Waals surface area contributed by atoms with Gasteiger partial charge in [0.25, 0.3) is 0 Å². The Morgan fingerprint density at radius 1 is 1.00 bits per heavy atom. The molecule has 104 valence electrons. The average molecular weight is 252 g/mol. The van der Waals surface area contributed by atoms with E-state index in [1.54, 1.807) is 0 Å². The van der Waals surface area contributed by atoms with Crippen LogP contribution in [0.2, 0.25) is 0 Å². The zero-order valence-corrected chi connectivity index (χ0v) is 11.9. The molecule has 0 N–H and O–H groups in total. The zero-order chi connectivity index (χ0) is 13.1. The molecule has 0 saturated carbocycles. The Hall–Kier alpha value is -0.600. The molecule has 0 aromatic carbocycles. The summed E-state index contributed by atoms with van der Waals surface area (Å²) in [6.07, 6.45) is 17.5. The first-order chi connectivity index (χ1) is 8.83. The van der Waals surface area contributed by atoms with Crippen molar-refractivity contribution in [3.05, 3.63) is 24.3 Å². The van der Waals surface area contributed by atoms with Crippen LogP contribution in [0, 0.1) is 0 Å². The van der Waals surface area contributed by atoms with Gasteiger partial charge in [0, 0.05) is 6.61 Å². The minimum atomic E-state index is -0.0765. The highest BCUT2D eigenvalue weighted by Crippen LogP contribution is 2.15. The standard InChI is InChI=1S/C16H28O2/c1-3-17-15(2)18-16-13-11-9-7-5-4-6-8-10-12-14-16/h5,7-8,10,15-16H,3-4,6,9,11-14H2,1-2H3/b7-5-,10-8+. The van der Waals surface area contributed by atoms with Crippen LogP contribution in [-0.2, 0) is 9.47 Å². The van der Waals surface area contributed by atoms with Crippen molar-refractivity contribution in [3.63, 3.8) is 0 Å². The summed E-state index contributed by atoms with van der Waals surface area (Å²) in [6, 6.07) is 0. The van der Waals surface area contributed by atoms with Gasteiger partial charge in [-0.05, 0) is 58.8 Å². The van der Waals surface area contributed by atoms with Gasteiger partial charge >= 0.3 is 0 Å². The van der Waals surface area contributed by atoms with Crippen LogP contribution >= 0.6 is 0 Å². The molecule has 18 heavy (non-hydrogen) atoms. The third-order valence-corrected chi connectivity index (χ3v) is 3.17. The molecule has 0 radical (unpaired) electrons. The average Bonchev–Trinajstić information content (AvgIpc) is 2.33. The van der Waals surface area contributed by atoms with E-state index < -0.39 is 0 Å². The molecule has 2 unspecified atom stereocenters. The Bertz CT molecular complexity index is 245. The summed E-state index contributed by atoms with van der Waals surface area (Å²) in [4.78, 5) is 0. The van der Waals surface area contributed by atoms with Gasteiger partial charge in [0.1, 0.15) is 0 Å². The molecule has 0 bridgehead atoms. The largest absolute Gasteiger partial charge is 0.353 e. The van der Waals surface area contributed by atoms with Crippen molar-refractivity contribution in [3.8, 4) is 0 Å². The van der Waals surface area contributed by atoms with Crippen LogP contribution in [0.4, 0.5) is 0 Å². The first-order valence-corrected chi connectivity index (χ1v) is 7.40. The van der Waals surface area contributed by atoms with Crippen LogP contribution in [0.3, 0.4) is 0 Å². The second-order valence-electron chi connectivity index (χ2n) is 4.81. The predicted octanol–water partition coefficient (Wildman–Crippen LogP) is 4.61. The summed E-state index contributed by atoms with van der Waals surface area (Å²) in [5, 5.41) is 0. The summed E-state index contributed by atoms with van der Waals surface area (Å²) in [5.41, 5.74) is 0. The summed E-state index contributed by atoms with van der Waals surface area (Å²) in [6.45, 7) is 4.72. The fraction of sp³-hybridized carbons (Fsp3) is 0.750. The second kappa shape index (κ2) is 10.3. The summed E-state index contributed by atoms with van der Waals surface area (Å²) >= 11 is 0. The van der Waals surface area contributed by atoms with Gasteiger partial charge in [-0.25, -0.2) is 0 Å². The Morgan fingerprint density at radius 2 is 1.67 bits per heavy atom. The molecule has 0 aromatic rings. The molecule has 0 fully saturated rings. The Morgan fingerprint density at radius 3 is 2.39 bits per heavy atom. The third kappa shape index (κ3) is 7.67. The molecule has 2 atom stereocenters. The number of hydrogen-bond acceptors (Lipinski definition) is 2. The number of hydrogen-bond donors (Lipinski definition) is 0. The Labute approximate surface area is 112 Å². The van der Waals surface area contributed by atoms with Crippen molar-refractivity contribution in [1.29, 1.82) is 0 Å². The van der Waals surface area contributed by atoms with Crippen molar-refractivity contribution < 1.29 is 9.47 Å². The van der Waals surface area contributed by atoms with E-state index in [1.165, 1.54) is 19.3 Å². The lowest BCUT2D eigenvalue weighted by Crippen LogP contribution is -2.22. The molecular formula is C16H28O2. The maximum atomic E-state index is 5.96. The van der Waals surface area contributed by atoms with Crippen LogP contribution in [0.5, 0.6) is 0 Å². The molecule has 0 saturated heterocycles. The minimum absolute atomic E-state index is 0.0765. The zero-order valence-electron chi connectivity index (χ0n) is 11.9. The van der Waals surface area contributed by atoms with Gasteiger partial charge in [-0.3, -0.25) is 0 Å². The van der Waals surface area contributed by atoms with Crippen LogP contribution in [0.1, 0.15) is 58.8 Å². The first kappa shape index (κ1) is 15.5. The maximum absolute atomic E-state index is 5.96. The molecule has 1 rings (SSSR count). The summed E-state index contributed by atoms with van der Waals surface area (Å²) < 4.78 is 11.4. The first-order valence-electron chi connectivity index (χ1n) is 7.40. The summed E-state index contributed by atoms with van der Waals surface area (Å²) in [7, 11) is 0. The van der Waals surface area contributed by atoms with Crippen molar-refractivity contribution in [2.45, 2.75) is 71.2 Å². The highest BCUT2D eigenvalue weighted by molar-refractivity contribution is 4.89. The fourth-order valence-electron chi connectivity index (χ4n) is 2.23. The normalized spacial score (nSPS) is 27.8. The Kier molecular flexibility index (Phi) is 8.87. The van der Waals surface area contributed by atoms with Crippen LogP contribution in [-0.4, -0.2) is 19.0 Å². The molecule has 0 aliphatic heterocycles. The molecule has 1 aliphatic carbocycles. The molecular weight excluding hydrogens is 224 g/mol. The molecule has 2 heteroatoms. The maximum Gasteiger partial charge on any atom is 0.155 e. The van der Waals surface area contributed by atoms with Gasteiger partial charge < -0.3 is 9.47 Å². The lowest BCUT2D eigenvalue weighted by atomic mass is 10.1. The number of rotatable bonds is 4. The van der Waals surface area contributed by atoms with E-state index in [4.69, 9.17) is 9.47 Å². The quantitative estimate of drug-likeness (QED) is 0.537. The second-order valence-corrected chi connectivity index (χ2v) is 4.81. The van der Waals surface area contributed by atoms with Crippen molar-refractivity contribution in [2.24, 2.45) is 0 Å². The highest BCUT2D eigenvalue weighted by Gasteiger charge is 2.12. The van der Waals surface area contributed by atoms with Crippen molar-refractivity contribution >= 4 is 0 Å². The SMILES string of the molecule is CCOC(C)OC1CC/C=C/CC/C=C\CCC1. The van der Waals surface area contributed by atoms with E-state index in [9.17, 15) is 0 Å². The van der Waals surface area contributed by atoms with E-state index in [-0.39, 0.29) is 6.29 Å². The van der Waals surface area contributed by atoms with Gasteiger partial charge in [-0.15, -0.1) is 0 Å². The molecule has 0 aromatic heterocycles. The van der Waals surface area contributed by atoms with E-state index in [1.807, 2.05) is 13.8 Å². The third-order valence-electron chi connectivity index (χ3n) is 3.17. The number of allylic oxidation sites excluding steroid dienone is 4. The van der Waals surface area contributed by atoms with Gasteiger partial charge in [0.05, 0.1) is 6.10 Å². The molecule has 1 aliphatic rings. The predicted molar refractivity (Wildman–Crippen MR) is 76.6 cm³/mol. The van der Waals surface area contributed by atoms with Crippen molar-refractivity contribution in [2.75, 3.05) is 6.61 Å². The van der Waals surface area contributed by atoms with Crippen molar-refractivity contribution in [1.82, 2.24) is 0 Å².